The highest BCUT2D eigenvalue weighted by molar-refractivity contribution is 8.26. The van der Waals surface area contributed by atoms with Crippen molar-refractivity contribution in [1.82, 2.24) is 4.90 Å². The normalized spacial score (nSPS) is 14.5. The number of nitrogens with zero attached hydrogens (tertiary/aromatic N) is 1. The van der Waals surface area contributed by atoms with Crippen LogP contribution in [0.2, 0.25) is 0 Å². The first-order valence-electron chi connectivity index (χ1n) is 11.8. The van der Waals surface area contributed by atoms with Crippen molar-refractivity contribution < 1.29 is 19.1 Å². The topological polar surface area (TPSA) is 67.9 Å². The number of hydrogen-bond acceptors (Lipinski definition) is 6. The molecule has 0 bridgehead atoms. The molecule has 186 valence electrons. The molecule has 1 heterocycles. The third-order valence-electron chi connectivity index (χ3n) is 5.47. The lowest BCUT2D eigenvalue weighted by Crippen LogP contribution is -2.28. The molecule has 2 amide bonds. The number of ether oxygens (including phenoxy) is 2. The van der Waals surface area contributed by atoms with E-state index in [0.29, 0.717) is 33.9 Å². The van der Waals surface area contributed by atoms with Crippen LogP contribution in [0.3, 0.4) is 0 Å². The molecule has 1 aliphatic rings. The maximum absolute atomic E-state index is 12.7. The van der Waals surface area contributed by atoms with E-state index in [-0.39, 0.29) is 18.4 Å². The summed E-state index contributed by atoms with van der Waals surface area (Å²) in [4.78, 5) is 27.6. The number of nitrogens with one attached hydrogen (secondary N) is 1. The van der Waals surface area contributed by atoms with Gasteiger partial charge in [0.25, 0.3) is 11.8 Å². The van der Waals surface area contributed by atoms with E-state index in [1.807, 2.05) is 58.0 Å². The Hall–Kier alpha value is -2.84. The van der Waals surface area contributed by atoms with Gasteiger partial charge in [-0.3, -0.25) is 14.5 Å². The Morgan fingerprint density at radius 3 is 2.46 bits per heavy atom. The lowest BCUT2D eigenvalue weighted by Gasteiger charge is -2.15. The lowest BCUT2D eigenvalue weighted by molar-refractivity contribution is -0.122. The monoisotopic (exact) mass is 512 g/mol. The Morgan fingerprint density at radius 1 is 1.09 bits per heavy atom. The van der Waals surface area contributed by atoms with Gasteiger partial charge in [0.2, 0.25) is 0 Å². The smallest absolute Gasteiger partial charge is 0.266 e. The molecule has 1 fully saturated rings. The number of unbranched alkanes of at least 4 members (excludes halogenated alkanes) is 1. The summed E-state index contributed by atoms with van der Waals surface area (Å²) < 4.78 is 12.1. The summed E-state index contributed by atoms with van der Waals surface area (Å²) in [6.45, 7) is 10.9. The molecular formula is C27H32N2O4S2. The Kier molecular flexibility index (Phi) is 9.34. The maximum Gasteiger partial charge on any atom is 0.266 e. The van der Waals surface area contributed by atoms with Crippen molar-refractivity contribution in [3.63, 3.8) is 0 Å². The zero-order chi connectivity index (χ0) is 25.5. The van der Waals surface area contributed by atoms with E-state index in [0.717, 1.165) is 40.8 Å². The summed E-state index contributed by atoms with van der Waals surface area (Å²) in [6.07, 6.45) is 3.72. The van der Waals surface area contributed by atoms with Crippen LogP contribution in [-0.2, 0) is 9.59 Å². The molecule has 2 aromatic rings. The molecule has 0 spiro atoms. The second-order valence-electron chi connectivity index (χ2n) is 8.44. The summed E-state index contributed by atoms with van der Waals surface area (Å²) in [5.74, 6) is 0.664. The number of carbonyl (C=O) groups excluding carboxylic acids is 2. The van der Waals surface area contributed by atoms with Gasteiger partial charge in [-0.15, -0.1) is 0 Å². The SMILES string of the molecule is CCCCN1C(=O)/C(=C/c2ccc(OCC(=O)Nc3c(C)cc(C)cc3C)c(OCC)c2)SC1=S. The zero-order valence-corrected chi connectivity index (χ0v) is 22.5. The summed E-state index contributed by atoms with van der Waals surface area (Å²) in [5, 5.41) is 2.94. The van der Waals surface area contributed by atoms with Crippen LogP contribution in [-0.4, -0.2) is 40.8 Å². The third kappa shape index (κ3) is 6.86. The van der Waals surface area contributed by atoms with Gasteiger partial charge < -0.3 is 14.8 Å². The minimum absolute atomic E-state index is 0.0647. The first-order valence-corrected chi connectivity index (χ1v) is 13.0. The fraction of sp³-hybridized carbons (Fsp3) is 0.370. The summed E-state index contributed by atoms with van der Waals surface area (Å²) in [6, 6.07) is 9.47. The first-order chi connectivity index (χ1) is 16.7. The summed E-state index contributed by atoms with van der Waals surface area (Å²) >= 11 is 6.70. The van der Waals surface area contributed by atoms with Crippen molar-refractivity contribution in [3.05, 3.63) is 57.5 Å². The van der Waals surface area contributed by atoms with Gasteiger partial charge in [-0.25, -0.2) is 0 Å². The molecule has 8 heteroatoms. The van der Waals surface area contributed by atoms with Gasteiger partial charge >= 0.3 is 0 Å². The number of carbonyl (C=O) groups is 2. The van der Waals surface area contributed by atoms with Gasteiger partial charge in [-0.05, 0) is 69.0 Å². The molecule has 1 aliphatic heterocycles. The van der Waals surface area contributed by atoms with E-state index in [4.69, 9.17) is 21.7 Å². The van der Waals surface area contributed by atoms with Crippen molar-refractivity contribution in [3.8, 4) is 11.5 Å². The number of aryl methyl sites for hydroxylation is 3. The predicted molar refractivity (Wildman–Crippen MR) is 147 cm³/mol. The molecule has 0 unspecified atom stereocenters. The van der Waals surface area contributed by atoms with Gasteiger partial charge in [-0.1, -0.05) is 61.1 Å². The van der Waals surface area contributed by atoms with Gasteiger partial charge in [0.1, 0.15) is 4.32 Å². The van der Waals surface area contributed by atoms with Crippen molar-refractivity contribution in [2.75, 3.05) is 25.1 Å². The van der Waals surface area contributed by atoms with Crippen molar-refractivity contribution in [2.45, 2.75) is 47.5 Å². The van der Waals surface area contributed by atoms with E-state index >= 15 is 0 Å². The Balaban J connectivity index is 1.71. The minimum atomic E-state index is -0.248. The first kappa shape index (κ1) is 26.8. The Bertz CT molecular complexity index is 1140. The molecule has 0 atom stereocenters. The number of rotatable bonds is 10. The molecule has 1 N–H and O–H groups in total. The average Bonchev–Trinajstić information content (AvgIpc) is 3.06. The van der Waals surface area contributed by atoms with E-state index in [9.17, 15) is 9.59 Å². The van der Waals surface area contributed by atoms with E-state index < -0.39 is 0 Å². The van der Waals surface area contributed by atoms with Crippen LogP contribution in [0, 0.1) is 20.8 Å². The second kappa shape index (κ2) is 12.2. The molecule has 0 radical (unpaired) electrons. The van der Waals surface area contributed by atoms with Gasteiger partial charge in [-0.2, -0.15) is 0 Å². The van der Waals surface area contributed by atoms with Crippen LogP contribution in [0.25, 0.3) is 6.08 Å². The Morgan fingerprint density at radius 2 is 1.80 bits per heavy atom. The molecule has 6 nitrogen and oxygen atoms in total. The molecule has 0 aromatic heterocycles. The quantitative estimate of drug-likeness (QED) is 0.310. The molecule has 2 aromatic carbocycles. The lowest BCUT2D eigenvalue weighted by atomic mass is 10.1. The Labute approximate surface area is 217 Å². The number of amides is 2. The van der Waals surface area contributed by atoms with Crippen molar-refractivity contribution in [1.29, 1.82) is 0 Å². The summed E-state index contributed by atoms with van der Waals surface area (Å²) in [5.41, 5.74) is 4.78. The minimum Gasteiger partial charge on any atom is -0.490 e. The van der Waals surface area contributed by atoms with Crippen LogP contribution < -0.4 is 14.8 Å². The van der Waals surface area contributed by atoms with Crippen LogP contribution in [0.1, 0.15) is 48.9 Å². The third-order valence-corrected chi connectivity index (χ3v) is 6.85. The fourth-order valence-corrected chi connectivity index (χ4v) is 5.17. The molecular weight excluding hydrogens is 480 g/mol. The van der Waals surface area contributed by atoms with E-state index in [1.54, 1.807) is 11.0 Å². The van der Waals surface area contributed by atoms with Crippen molar-refractivity contribution >= 4 is 51.9 Å². The largest absolute Gasteiger partial charge is 0.490 e. The average molecular weight is 513 g/mol. The zero-order valence-electron chi connectivity index (χ0n) is 20.9. The van der Waals surface area contributed by atoms with Crippen LogP contribution >= 0.6 is 24.0 Å². The van der Waals surface area contributed by atoms with Gasteiger partial charge in [0.05, 0.1) is 11.5 Å². The van der Waals surface area contributed by atoms with Gasteiger partial charge in [0.15, 0.2) is 18.1 Å². The maximum atomic E-state index is 12.7. The van der Waals surface area contributed by atoms with E-state index in [1.165, 1.54) is 11.8 Å². The molecule has 35 heavy (non-hydrogen) atoms. The fourth-order valence-electron chi connectivity index (χ4n) is 3.86. The molecule has 0 saturated carbocycles. The predicted octanol–water partition coefficient (Wildman–Crippen LogP) is 6.03. The number of anilines is 1. The second-order valence-corrected chi connectivity index (χ2v) is 10.1. The highest BCUT2D eigenvalue weighted by Crippen LogP contribution is 2.35. The van der Waals surface area contributed by atoms with Gasteiger partial charge in [0, 0.05) is 12.2 Å². The van der Waals surface area contributed by atoms with E-state index in [2.05, 4.69) is 12.2 Å². The molecule has 1 saturated heterocycles. The highest BCUT2D eigenvalue weighted by Gasteiger charge is 2.31. The molecule has 0 aliphatic carbocycles. The number of thiocarbonyl (C=S) groups is 1. The number of hydrogen-bond donors (Lipinski definition) is 1. The van der Waals surface area contributed by atoms with Crippen LogP contribution in [0.5, 0.6) is 11.5 Å². The number of thioether (sulfide) groups is 1. The van der Waals surface area contributed by atoms with Crippen LogP contribution in [0.4, 0.5) is 5.69 Å². The number of benzene rings is 2. The van der Waals surface area contributed by atoms with Crippen molar-refractivity contribution in [2.24, 2.45) is 0 Å². The standard InChI is InChI=1S/C27H32N2O4S2/c1-6-8-11-29-26(31)23(35-27(29)34)15-20-9-10-21(22(14-20)32-7-2)33-16-24(30)28-25-18(4)12-17(3)13-19(25)5/h9-10,12-15H,6-8,11,16H2,1-5H3,(H,28,30)/b23-15-. The highest BCUT2D eigenvalue weighted by atomic mass is 32.2. The summed E-state index contributed by atoms with van der Waals surface area (Å²) in [7, 11) is 0. The molecule has 3 rings (SSSR count). The van der Waals surface area contributed by atoms with Crippen LogP contribution in [0.15, 0.2) is 35.2 Å².